The molecule has 1 aromatic rings. The van der Waals surface area contributed by atoms with E-state index in [4.69, 9.17) is 0 Å². The molecule has 0 fully saturated rings. The first-order chi connectivity index (χ1) is 6.97. The van der Waals surface area contributed by atoms with E-state index < -0.39 is 12.8 Å². The number of hydrogen-bond acceptors (Lipinski definition) is 3. The lowest BCUT2D eigenvalue weighted by Crippen LogP contribution is -2.24. The summed E-state index contributed by atoms with van der Waals surface area (Å²) in [5, 5.41) is 0. The van der Waals surface area contributed by atoms with E-state index in [-0.39, 0.29) is 6.54 Å². The molecule has 0 unspecified atom stereocenters. The quantitative estimate of drug-likeness (QED) is 0.622. The molecule has 1 N–H and O–H groups in total. The maximum absolute atomic E-state index is 11.7. The standard InChI is InChI=1S/C9H11F3N2O/c1-7-2-3-8(4-13-7)5-14-15-6-9(10,11)12/h2-4,14H,5-6H2,1H3. The van der Waals surface area contributed by atoms with Gasteiger partial charge in [-0.25, -0.2) is 0 Å². The van der Waals surface area contributed by atoms with E-state index in [1.165, 1.54) is 0 Å². The van der Waals surface area contributed by atoms with Crippen LogP contribution >= 0.6 is 0 Å². The van der Waals surface area contributed by atoms with Crippen molar-refractivity contribution >= 4 is 0 Å². The number of nitrogens with zero attached hydrogens (tertiary/aromatic N) is 1. The van der Waals surface area contributed by atoms with Crippen LogP contribution in [0.3, 0.4) is 0 Å². The monoisotopic (exact) mass is 220 g/mol. The van der Waals surface area contributed by atoms with Crippen LogP contribution in [0.5, 0.6) is 0 Å². The molecule has 0 bridgehead atoms. The lowest BCUT2D eigenvalue weighted by atomic mass is 10.2. The highest BCUT2D eigenvalue weighted by Gasteiger charge is 2.27. The third-order valence-corrected chi connectivity index (χ3v) is 1.59. The average molecular weight is 220 g/mol. The van der Waals surface area contributed by atoms with E-state index in [0.29, 0.717) is 0 Å². The molecule has 0 saturated carbocycles. The van der Waals surface area contributed by atoms with E-state index in [0.717, 1.165) is 11.3 Å². The fourth-order valence-corrected chi connectivity index (χ4v) is 0.870. The smallest absolute Gasteiger partial charge is 0.292 e. The predicted molar refractivity (Wildman–Crippen MR) is 47.8 cm³/mol. The topological polar surface area (TPSA) is 34.1 Å². The summed E-state index contributed by atoms with van der Waals surface area (Å²) >= 11 is 0. The number of aromatic nitrogens is 1. The molecular weight excluding hydrogens is 209 g/mol. The van der Waals surface area contributed by atoms with Crippen molar-refractivity contribution in [3.63, 3.8) is 0 Å². The van der Waals surface area contributed by atoms with Crippen LogP contribution in [-0.2, 0) is 11.4 Å². The first-order valence-electron chi connectivity index (χ1n) is 4.30. The molecule has 1 rings (SSSR count). The lowest BCUT2D eigenvalue weighted by Gasteiger charge is -2.08. The fourth-order valence-electron chi connectivity index (χ4n) is 0.870. The molecule has 3 nitrogen and oxygen atoms in total. The van der Waals surface area contributed by atoms with Gasteiger partial charge in [0, 0.05) is 18.4 Å². The summed E-state index contributed by atoms with van der Waals surface area (Å²) in [4.78, 5) is 8.22. The molecule has 0 radical (unpaired) electrons. The van der Waals surface area contributed by atoms with Crippen molar-refractivity contribution in [2.45, 2.75) is 19.6 Å². The van der Waals surface area contributed by atoms with Crippen LogP contribution in [0.15, 0.2) is 18.3 Å². The molecule has 0 amide bonds. The van der Waals surface area contributed by atoms with Gasteiger partial charge in [-0.15, -0.1) is 0 Å². The predicted octanol–water partition coefficient (Wildman–Crippen LogP) is 1.97. The Morgan fingerprint density at radius 2 is 2.13 bits per heavy atom. The molecule has 15 heavy (non-hydrogen) atoms. The zero-order valence-corrected chi connectivity index (χ0v) is 8.14. The zero-order valence-electron chi connectivity index (χ0n) is 8.14. The van der Waals surface area contributed by atoms with Crippen LogP contribution in [-0.4, -0.2) is 17.8 Å². The Bertz CT molecular complexity index is 297. The van der Waals surface area contributed by atoms with Gasteiger partial charge in [-0.05, 0) is 18.6 Å². The van der Waals surface area contributed by atoms with Crippen molar-refractivity contribution in [2.24, 2.45) is 0 Å². The van der Waals surface area contributed by atoms with Gasteiger partial charge in [-0.1, -0.05) is 6.07 Å². The number of hydroxylamine groups is 1. The molecule has 0 aliphatic carbocycles. The minimum Gasteiger partial charge on any atom is -0.292 e. The third-order valence-electron chi connectivity index (χ3n) is 1.59. The van der Waals surface area contributed by atoms with E-state index in [1.807, 2.05) is 6.92 Å². The summed E-state index contributed by atoms with van der Waals surface area (Å²) in [6, 6.07) is 3.55. The molecule has 0 atom stereocenters. The number of alkyl halides is 3. The minimum atomic E-state index is -4.31. The molecule has 0 saturated heterocycles. The molecule has 1 aromatic heterocycles. The summed E-state index contributed by atoms with van der Waals surface area (Å²) in [5.74, 6) is 0. The number of halogens is 3. The average Bonchev–Trinajstić information content (AvgIpc) is 2.14. The van der Waals surface area contributed by atoms with Crippen molar-refractivity contribution < 1.29 is 18.0 Å². The van der Waals surface area contributed by atoms with Gasteiger partial charge in [0.05, 0.1) is 0 Å². The van der Waals surface area contributed by atoms with Gasteiger partial charge in [-0.2, -0.15) is 18.7 Å². The maximum atomic E-state index is 11.7. The Hall–Kier alpha value is -1.14. The van der Waals surface area contributed by atoms with Crippen molar-refractivity contribution in [3.05, 3.63) is 29.6 Å². The number of aryl methyl sites for hydroxylation is 1. The van der Waals surface area contributed by atoms with Gasteiger partial charge < -0.3 is 0 Å². The van der Waals surface area contributed by atoms with E-state index in [1.54, 1.807) is 18.3 Å². The molecular formula is C9H11F3N2O. The summed E-state index contributed by atoms with van der Waals surface area (Å²) < 4.78 is 35.0. The molecule has 84 valence electrons. The lowest BCUT2D eigenvalue weighted by molar-refractivity contribution is -0.190. The van der Waals surface area contributed by atoms with Gasteiger partial charge >= 0.3 is 6.18 Å². The van der Waals surface area contributed by atoms with Crippen LogP contribution in [0.25, 0.3) is 0 Å². The fraction of sp³-hybridized carbons (Fsp3) is 0.444. The van der Waals surface area contributed by atoms with Crippen LogP contribution in [0.2, 0.25) is 0 Å². The highest BCUT2D eigenvalue weighted by atomic mass is 19.4. The number of hydrogen-bond donors (Lipinski definition) is 1. The first kappa shape index (κ1) is 11.9. The number of rotatable bonds is 4. The van der Waals surface area contributed by atoms with E-state index >= 15 is 0 Å². The van der Waals surface area contributed by atoms with Crippen molar-refractivity contribution in [2.75, 3.05) is 6.61 Å². The SMILES string of the molecule is Cc1ccc(CNOCC(F)(F)F)cn1. The summed E-state index contributed by atoms with van der Waals surface area (Å²) in [6.45, 7) is 0.729. The van der Waals surface area contributed by atoms with Crippen molar-refractivity contribution in [1.82, 2.24) is 10.5 Å². The largest absolute Gasteiger partial charge is 0.413 e. The molecule has 0 spiro atoms. The Kier molecular flexibility index (Phi) is 4.05. The van der Waals surface area contributed by atoms with Gasteiger partial charge in [0.2, 0.25) is 0 Å². The van der Waals surface area contributed by atoms with Gasteiger partial charge in [-0.3, -0.25) is 9.82 Å². The highest BCUT2D eigenvalue weighted by molar-refractivity contribution is 5.12. The number of pyridine rings is 1. The Balaban J connectivity index is 2.23. The molecule has 0 aliphatic rings. The van der Waals surface area contributed by atoms with Gasteiger partial charge in [0.1, 0.15) is 0 Å². The Morgan fingerprint density at radius 3 is 2.67 bits per heavy atom. The van der Waals surface area contributed by atoms with Crippen LogP contribution in [0.4, 0.5) is 13.2 Å². The Morgan fingerprint density at radius 1 is 1.40 bits per heavy atom. The number of nitrogens with one attached hydrogen (secondary N) is 1. The van der Waals surface area contributed by atoms with Crippen LogP contribution in [0.1, 0.15) is 11.3 Å². The summed E-state index contributed by atoms with van der Waals surface area (Å²) in [5.41, 5.74) is 3.84. The van der Waals surface area contributed by atoms with Gasteiger partial charge in [0.25, 0.3) is 0 Å². The Labute approximate surface area is 85.2 Å². The maximum Gasteiger partial charge on any atom is 0.413 e. The van der Waals surface area contributed by atoms with Crippen molar-refractivity contribution in [1.29, 1.82) is 0 Å². The van der Waals surface area contributed by atoms with Crippen LogP contribution < -0.4 is 5.48 Å². The third kappa shape index (κ3) is 5.34. The molecule has 6 heteroatoms. The highest BCUT2D eigenvalue weighted by Crippen LogP contribution is 2.13. The molecule has 0 aliphatic heterocycles. The zero-order chi connectivity index (χ0) is 11.3. The van der Waals surface area contributed by atoms with E-state index in [9.17, 15) is 13.2 Å². The van der Waals surface area contributed by atoms with Crippen LogP contribution in [0, 0.1) is 6.92 Å². The second-order valence-corrected chi connectivity index (χ2v) is 3.03. The van der Waals surface area contributed by atoms with Crippen molar-refractivity contribution in [3.8, 4) is 0 Å². The van der Waals surface area contributed by atoms with E-state index in [2.05, 4.69) is 15.3 Å². The first-order valence-corrected chi connectivity index (χ1v) is 4.30. The summed E-state index contributed by atoms with van der Waals surface area (Å²) in [6.07, 6.45) is -2.72. The normalized spacial score (nSPS) is 11.7. The minimum absolute atomic E-state index is 0.198. The summed E-state index contributed by atoms with van der Waals surface area (Å²) in [7, 11) is 0. The second kappa shape index (κ2) is 5.09. The second-order valence-electron chi connectivity index (χ2n) is 3.03. The molecule has 0 aromatic carbocycles. The molecule has 1 heterocycles. The van der Waals surface area contributed by atoms with Gasteiger partial charge in [0.15, 0.2) is 6.61 Å².